The second-order valence-electron chi connectivity index (χ2n) is 7.32. The van der Waals surface area contributed by atoms with E-state index in [1.807, 2.05) is 16.9 Å². The molecule has 4 rings (SSSR count). The second kappa shape index (κ2) is 9.63. The van der Waals surface area contributed by atoms with Crippen LogP contribution >= 0.6 is 11.8 Å². The minimum atomic E-state index is -0.761. The summed E-state index contributed by atoms with van der Waals surface area (Å²) < 4.78 is 1.90. The van der Waals surface area contributed by atoms with Crippen molar-refractivity contribution in [2.24, 2.45) is 0 Å². The maximum Gasteiger partial charge on any atom is 0.303 e. The number of nitrogens with zero attached hydrogens (tertiary/aromatic N) is 2. The van der Waals surface area contributed by atoms with E-state index in [2.05, 4.69) is 65.8 Å². The van der Waals surface area contributed by atoms with Crippen LogP contribution in [0.4, 0.5) is 0 Å². The Bertz CT molecular complexity index is 1140. The first-order valence-corrected chi connectivity index (χ1v) is 11.1. The van der Waals surface area contributed by atoms with Crippen molar-refractivity contribution in [3.05, 3.63) is 95.8 Å². The van der Waals surface area contributed by atoms with Crippen LogP contribution in [0.25, 0.3) is 10.8 Å². The van der Waals surface area contributed by atoms with Crippen LogP contribution in [0.15, 0.2) is 84.0 Å². The van der Waals surface area contributed by atoms with E-state index >= 15 is 0 Å². The summed E-state index contributed by atoms with van der Waals surface area (Å²) in [7, 11) is 0. The van der Waals surface area contributed by atoms with Crippen molar-refractivity contribution in [2.45, 2.75) is 30.7 Å². The normalized spacial score (nSPS) is 11.1. The van der Waals surface area contributed by atoms with Gasteiger partial charge in [0.15, 0.2) is 0 Å². The Labute approximate surface area is 180 Å². The summed E-state index contributed by atoms with van der Waals surface area (Å²) in [4.78, 5) is 12.2. The number of hydrogen-bond acceptors (Lipinski definition) is 3. The van der Waals surface area contributed by atoms with Gasteiger partial charge in [-0.1, -0.05) is 54.6 Å². The molecular formula is C25H24N2O2S. The predicted octanol–water partition coefficient (Wildman–Crippen LogP) is 5.44. The highest BCUT2D eigenvalue weighted by Crippen LogP contribution is 2.27. The Morgan fingerprint density at radius 2 is 1.77 bits per heavy atom. The number of rotatable bonds is 9. The molecule has 0 unspecified atom stereocenters. The molecule has 0 saturated heterocycles. The molecule has 0 bridgehead atoms. The quantitative estimate of drug-likeness (QED) is 0.369. The second-order valence-corrected chi connectivity index (χ2v) is 8.46. The molecule has 1 heterocycles. The fourth-order valence-corrected chi connectivity index (χ4v) is 4.68. The molecule has 0 aliphatic heterocycles. The lowest BCUT2D eigenvalue weighted by Gasteiger charge is -2.12. The minimum absolute atomic E-state index is 0.150. The van der Waals surface area contributed by atoms with E-state index < -0.39 is 5.97 Å². The van der Waals surface area contributed by atoms with Crippen molar-refractivity contribution < 1.29 is 9.90 Å². The minimum Gasteiger partial charge on any atom is -0.481 e. The van der Waals surface area contributed by atoms with Gasteiger partial charge in [0.1, 0.15) is 0 Å². The van der Waals surface area contributed by atoms with Gasteiger partial charge < -0.3 is 5.11 Å². The summed E-state index contributed by atoms with van der Waals surface area (Å²) >= 11 is 1.80. The van der Waals surface area contributed by atoms with Gasteiger partial charge in [-0.3, -0.25) is 9.48 Å². The number of aromatic nitrogens is 2. The van der Waals surface area contributed by atoms with Crippen LogP contribution in [0.2, 0.25) is 0 Å². The van der Waals surface area contributed by atoms with Gasteiger partial charge in [-0.25, -0.2) is 0 Å². The van der Waals surface area contributed by atoms with E-state index in [-0.39, 0.29) is 6.42 Å². The molecule has 0 saturated carbocycles. The summed E-state index contributed by atoms with van der Waals surface area (Å²) in [5.41, 5.74) is 3.59. The van der Waals surface area contributed by atoms with Gasteiger partial charge in [0.25, 0.3) is 0 Å². The summed E-state index contributed by atoms with van der Waals surface area (Å²) in [6, 6.07) is 23.3. The number of thioether (sulfide) groups is 1. The number of aryl methyl sites for hydroxylation is 2. The van der Waals surface area contributed by atoms with Gasteiger partial charge >= 0.3 is 5.97 Å². The van der Waals surface area contributed by atoms with Crippen LogP contribution in [-0.2, 0) is 24.2 Å². The molecule has 0 spiro atoms. The van der Waals surface area contributed by atoms with E-state index in [4.69, 9.17) is 5.11 Å². The summed E-state index contributed by atoms with van der Waals surface area (Å²) in [6.07, 6.45) is 5.40. The molecule has 152 valence electrons. The van der Waals surface area contributed by atoms with Gasteiger partial charge in [-0.2, -0.15) is 5.10 Å². The zero-order valence-corrected chi connectivity index (χ0v) is 17.5. The molecular weight excluding hydrogens is 392 g/mol. The molecule has 0 aliphatic carbocycles. The van der Waals surface area contributed by atoms with Crippen molar-refractivity contribution in [3.8, 4) is 0 Å². The highest BCUT2D eigenvalue weighted by molar-refractivity contribution is 7.99. The Kier molecular flexibility index (Phi) is 6.50. The lowest BCUT2D eigenvalue weighted by Crippen LogP contribution is -2.03. The number of aliphatic carboxylic acids is 1. The van der Waals surface area contributed by atoms with Crippen molar-refractivity contribution in [3.63, 3.8) is 0 Å². The van der Waals surface area contributed by atoms with E-state index in [1.165, 1.54) is 26.8 Å². The number of fused-ring (bicyclic) bond motifs is 1. The first-order chi connectivity index (χ1) is 14.7. The topological polar surface area (TPSA) is 55.1 Å². The molecule has 4 nitrogen and oxygen atoms in total. The Morgan fingerprint density at radius 1 is 0.933 bits per heavy atom. The van der Waals surface area contributed by atoms with Gasteiger partial charge in [-0.15, -0.1) is 11.8 Å². The molecule has 1 aromatic heterocycles. The standard InChI is InChI=1S/C25H24N2O2S/c28-25(29)11-10-22-9-7-20(18-27-14-3-13-26-27)17-24(22)30-15-12-19-6-8-21-4-1-2-5-23(21)16-19/h1-9,13-14,16-17H,10-12,15,18H2,(H,28,29). The Morgan fingerprint density at radius 3 is 2.57 bits per heavy atom. The highest BCUT2D eigenvalue weighted by atomic mass is 32.2. The molecule has 3 aromatic carbocycles. The average Bonchev–Trinajstić information content (AvgIpc) is 3.26. The third kappa shape index (κ3) is 5.30. The zero-order chi connectivity index (χ0) is 20.8. The van der Waals surface area contributed by atoms with E-state index in [0.29, 0.717) is 13.0 Å². The smallest absolute Gasteiger partial charge is 0.303 e. The van der Waals surface area contributed by atoms with Crippen molar-refractivity contribution in [2.75, 3.05) is 5.75 Å². The fourth-order valence-electron chi connectivity index (χ4n) is 3.53. The molecule has 0 fully saturated rings. The summed E-state index contributed by atoms with van der Waals surface area (Å²) in [5, 5.41) is 15.9. The van der Waals surface area contributed by atoms with Crippen molar-refractivity contribution in [1.82, 2.24) is 9.78 Å². The molecule has 0 atom stereocenters. The SMILES string of the molecule is O=C(O)CCc1ccc(Cn2cccn2)cc1SCCc1ccc2ccccc2c1. The van der Waals surface area contributed by atoms with Gasteiger partial charge in [0.05, 0.1) is 6.54 Å². The van der Waals surface area contributed by atoms with Gasteiger partial charge in [0, 0.05) is 29.5 Å². The third-order valence-electron chi connectivity index (χ3n) is 5.11. The maximum atomic E-state index is 11.1. The largest absolute Gasteiger partial charge is 0.481 e. The molecule has 0 aliphatic rings. The number of carbonyl (C=O) groups is 1. The van der Waals surface area contributed by atoms with E-state index in [1.54, 1.807) is 18.0 Å². The number of carboxylic acid groups (broad SMARTS) is 1. The number of benzene rings is 3. The van der Waals surface area contributed by atoms with Gasteiger partial charge in [-0.05, 0) is 52.4 Å². The summed E-state index contributed by atoms with van der Waals surface area (Å²) in [6.45, 7) is 0.713. The van der Waals surface area contributed by atoms with Crippen LogP contribution in [-0.4, -0.2) is 26.6 Å². The first kappa shape index (κ1) is 20.2. The maximum absolute atomic E-state index is 11.1. The van der Waals surface area contributed by atoms with Crippen molar-refractivity contribution in [1.29, 1.82) is 0 Å². The third-order valence-corrected chi connectivity index (χ3v) is 6.21. The van der Waals surface area contributed by atoms with Crippen molar-refractivity contribution >= 4 is 28.5 Å². The Hall–Kier alpha value is -3.05. The van der Waals surface area contributed by atoms with Gasteiger partial charge in [0.2, 0.25) is 0 Å². The van der Waals surface area contributed by atoms with Crippen LogP contribution in [0.1, 0.15) is 23.1 Å². The van der Waals surface area contributed by atoms with E-state index in [0.717, 1.165) is 17.7 Å². The van der Waals surface area contributed by atoms with E-state index in [9.17, 15) is 4.79 Å². The number of carboxylic acids is 1. The predicted molar refractivity (Wildman–Crippen MR) is 122 cm³/mol. The average molecular weight is 417 g/mol. The molecule has 5 heteroatoms. The first-order valence-electron chi connectivity index (χ1n) is 10.1. The highest BCUT2D eigenvalue weighted by Gasteiger charge is 2.09. The van der Waals surface area contributed by atoms with Crippen LogP contribution in [0.3, 0.4) is 0 Å². The number of hydrogen-bond donors (Lipinski definition) is 1. The molecule has 30 heavy (non-hydrogen) atoms. The molecule has 0 amide bonds. The monoisotopic (exact) mass is 416 g/mol. The van der Waals surface area contributed by atoms with Crippen LogP contribution < -0.4 is 0 Å². The fraction of sp³-hybridized carbons (Fsp3) is 0.200. The lowest BCUT2D eigenvalue weighted by atomic mass is 10.1. The summed E-state index contributed by atoms with van der Waals surface area (Å²) in [5.74, 6) is 0.187. The zero-order valence-electron chi connectivity index (χ0n) is 16.7. The Balaban J connectivity index is 1.47. The van der Waals surface area contributed by atoms with Crippen LogP contribution in [0.5, 0.6) is 0 Å². The molecule has 0 radical (unpaired) electrons. The molecule has 4 aromatic rings. The molecule has 1 N–H and O–H groups in total. The lowest BCUT2D eigenvalue weighted by molar-refractivity contribution is -0.136. The van der Waals surface area contributed by atoms with Crippen LogP contribution in [0, 0.1) is 0 Å².